The molecule has 106 valence electrons. The van der Waals surface area contributed by atoms with E-state index in [1.807, 2.05) is 0 Å². The molecule has 0 aromatic rings. The highest BCUT2D eigenvalue weighted by atomic mass is 127. The number of hydrogen-bond acceptors (Lipinski definition) is 2. The average Bonchev–Trinajstić information content (AvgIpc) is 3.12. The van der Waals surface area contributed by atoms with Crippen LogP contribution in [0.15, 0.2) is 4.99 Å². The molecule has 1 aliphatic carbocycles. The Kier molecular flexibility index (Phi) is 7.13. The molecular weight excluding hydrogens is 357 g/mol. The number of halogens is 1. The van der Waals surface area contributed by atoms with Crippen molar-refractivity contribution in [3.8, 4) is 0 Å². The van der Waals surface area contributed by atoms with Crippen molar-refractivity contribution < 1.29 is 0 Å². The summed E-state index contributed by atoms with van der Waals surface area (Å²) in [6, 6.07) is 0.701. The second kappa shape index (κ2) is 7.82. The summed E-state index contributed by atoms with van der Waals surface area (Å²) in [7, 11) is 0. The highest BCUT2D eigenvalue weighted by Crippen LogP contribution is 2.26. The predicted octanol–water partition coefficient (Wildman–Crippen LogP) is 2.81. The molecule has 2 rings (SSSR count). The summed E-state index contributed by atoms with van der Waals surface area (Å²) in [6.07, 6.45) is 2.64. The zero-order valence-corrected chi connectivity index (χ0v) is 14.8. The Balaban J connectivity index is 0.00000162. The minimum Gasteiger partial charge on any atom is -0.354 e. The number of rotatable bonds is 3. The first-order valence-electron chi connectivity index (χ1n) is 6.88. The maximum Gasteiger partial charge on any atom is 0.194 e. The average molecular weight is 383 g/mol. The lowest BCUT2D eigenvalue weighted by molar-refractivity contribution is 0.380. The number of thioether (sulfide) groups is 1. The van der Waals surface area contributed by atoms with Crippen molar-refractivity contribution in [2.75, 3.05) is 25.4 Å². The summed E-state index contributed by atoms with van der Waals surface area (Å²) < 4.78 is 0. The van der Waals surface area contributed by atoms with E-state index in [4.69, 9.17) is 0 Å². The fraction of sp³-hybridized carbons (Fsp3) is 0.923. The van der Waals surface area contributed by atoms with E-state index in [-0.39, 0.29) is 24.0 Å². The van der Waals surface area contributed by atoms with Crippen LogP contribution in [-0.2, 0) is 0 Å². The Morgan fingerprint density at radius 1 is 1.44 bits per heavy atom. The molecule has 0 aromatic carbocycles. The van der Waals surface area contributed by atoms with Crippen molar-refractivity contribution in [3.05, 3.63) is 0 Å². The van der Waals surface area contributed by atoms with E-state index in [1.165, 1.54) is 18.6 Å². The summed E-state index contributed by atoms with van der Waals surface area (Å²) in [4.78, 5) is 7.11. The maximum atomic E-state index is 4.64. The molecule has 0 radical (unpaired) electrons. The van der Waals surface area contributed by atoms with Gasteiger partial charge in [-0.2, -0.15) is 11.8 Å². The zero-order chi connectivity index (χ0) is 12.3. The highest BCUT2D eigenvalue weighted by molar-refractivity contribution is 14.0. The van der Waals surface area contributed by atoms with Crippen LogP contribution in [0.5, 0.6) is 0 Å². The standard InChI is InChI=1S/C13H25N3S.HI/c1-4-14-13(15-11-5-6-11)16-7-8-17-12(9-16)10(2)3;/h10-12H,4-9H2,1-3H3,(H,14,15);1H. The highest BCUT2D eigenvalue weighted by Gasteiger charge is 2.28. The molecule has 1 aliphatic heterocycles. The van der Waals surface area contributed by atoms with E-state index in [1.54, 1.807) is 0 Å². The van der Waals surface area contributed by atoms with Crippen LogP contribution < -0.4 is 5.32 Å². The van der Waals surface area contributed by atoms with Gasteiger partial charge in [0, 0.05) is 36.7 Å². The van der Waals surface area contributed by atoms with Crippen molar-refractivity contribution in [3.63, 3.8) is 0 Å². The van der Waals surface area contributed by atoms with E-state index in [2.05, 4.69) is 47.7 Å². The summed E-state index contributed by atoms with van der Waals surface area (Å²) in [5.41, 5.74) is 0. The molecule has 1 atom stereocenters. The van der Waals surface area contributed by atoms with Crippen LogP contribution in [0, 0.1) is 5.92 Å². The topological polar surface area (TPSA) is 27.6 Å². The van der Waals surface area contributed by atoms with Crippen molar-refractivity contribution in [1.82, 2.24) is 10.2 Å². The predicted molar refractivity (Wildman–Crippen MR) is 92.2 cm³/mol. The fourth-order valence-corrected chi connectivity index (χ4v) is 3.37. The number of nitrogens with one attached hydrogen (secondary N) is 1. The van der Waals surface area contributed by atoms with E-state index < -0.39 is 0 Å². The lowest BCUT2D eigenvalue weighted by Gasteiger charge is -2.36. The number of hydrogen-bond donors (Lipinski definition) is 1. The van der Waals surface area contributed by atoms with Crippen molar-refractivity contribution in [2.24, 2.45) is 10.9 Å². The van der Waals surface area contributed by atoms with Crippen molar-refractivity contribution in [1.29, 1.82) is 0 Å². The molecule has 1 saturated carbocycles. The van der Waals surface area contributed by atoms with Gasteiger partial charge in [0.2, 0.25) is 0 Å². The molecule has 0 spiro atoms. The van der Waals surface area contributed by atoms with E-state index in [0.29, 0.717) is 6.04 Å². The molecule has 1 unspecified atom stereocenters. The SMILES string of the molecule is CCN=C(NC1CC1)N1CCSC(C(C)C)C1.I. The lowest BCUT2D eigenvalue weighted by Crippen LogP contribution is -2.49. The van der Waals surface area contributed by atoms with Gasteiger partial charge in [0.25, 0.3) is 0 Å². The van der Waals surface area contributed by atoms with Gasteiger partial charge in [-0.15, -0.1) is 24.0 Å². The normalized spacial score (nSPS) is 25.0. The van der Waals surface area contributed by atoms with Crippen LogP contribution in [0.3, 0.4) is 0 Å². The third kappa shape index (κ3) is 4.79. The third-order valence-corrected chi connectivity index (χ3v) is 4.89. The minimum atomic E-state index is 0. The zero-order valence-electron chi connectivity index (χ0n) is 11.7. The van der Waals surface area contributed by atoms with Crippen LogP contribution in [0.4, 0.5) is 0 Å². The fourth-order valence-electron chi connectivity index (χ4n) is 2.07. The molecule has 1 heterocycles. The van der Waals surface area contributed by atoms with Gasteiger partial charge in [-0.25, -0.2) is 0 Å². The van der Waals surface area contributed by atoms with Gasteiger partial charge in [-0.1, -0.05) is 13.8 Å². The first-order valence-corrected chi connectivity index (χ1v) is 7.93. The summed E-state index contributed by atoms with van der Waals surface area (Å²) in [5, 5.41) is 4.34. The molecule has 5 heteroatoms. The number of guanidine groups is 1. The maximum absolute atomic E-state index is 4.64. The minimum absolute atomic E-state index is 0. The molecule has 0 amide bonds. The number of nitrogens with zero attached hydrogens (tertiary/aromatic N) is 2. The Morgan fingerprint density at radius 2 is 2.17 bits per heavy atom. The second-order valence-electron chi connectivity index (χ2n) is 5.32. The first kappa shape index (κ1) is 16.4. The quantitative estimate of drug-likeness (QED) is 0.462. The van der Waals surface area contributed by atoms with E-state index in [0.717, 1.165) is 36.8 Å². The van der Waals surface area contributed by atoms with E-state index >= 15 is 0 Å². The van der Waals surface area contributed by atoms with Crippen LogP contribution in [0.25, 0.3) is 0 Å². The van der Waals surface area contributed by atoms with Crippen molar-refractivity contribution in [2.45, 2.75) is 44.9 Å². The molecule has 0 aromatic heterocycles. The van der Waals surface area contributed by atoms with Gasteiger partial charge >= 0.3 is 0 Å². The molecule has 3 nitrogen and oxygen atoms in total. The van der Waals surface area contributed by atoms with Crippen molar-refractivity contribution >= 4 is 41.7 Å². The van der Waals surface area contributed by atoms with Gasteiger partial charge in [0.1, 0.15) is 0 Å². The third-order valence-electron chi connectivity index (χ3n) is 3.36. The summed E-state index contributed by atoms with van der Waals surface area (Å²) >= 11 is 2.12. The Bertz CT molecular complexity index is 279. The molecule has 2 aliphatic rings. The van der Waals surface area contributed by atoms with Crippen LogP contribution >= 0.6 is 35.7 Å². The van der Waals surface area contributed by atoms with Gasteiger partial charge in [-0.3, -0.25) is 4.99 Å². The molecule has 1 saturated heterocycles. The number of aliphatic imine (C=N–C) groups is 1. The monoisotopic (exact) mass is 383 g/mol. The summed E-state index contributed by atoms with van der Waals surface area (Å²) in [5.74, 6) is 3.14. The largest absolute Gasteiger partial charge is 0.354 e. The van der Waals surface area contributed by atoms with Crippen LogP contribution in [0.2, 0.25) is 0 Å². The molecular formula is C13H26IN3S. The van der Waals surface area contributed by atoms with Gasteiger partial charge in [0.15, 0.2) is 5.96 Å². The molecule has 18 heavy (non-hydrogen) atoms. The second-order valence-corrected chi connectivity index (χ2v) is 6.66. The Labute approximate surface area is 133 Å². The molecule has 2 fully saturated rings. The van der Waals surface area contributed by atoms with Gasteiger partial charge in [0.05, 0.1) is 0 Å². The Morgan fingerprint density at radius 3 is 2.72 bits per heavy atom. The van der Waals surface area contributed by atoms with Gasteiger partial charge in [-0.05, 0) is 25.7 Å². The lowest BCUT2D eigenvalue weighted by atomic mass is 10.1. The first-order chi connectivity index (χ1) is 8.20. The van der Waals surface area contributed by atoms with Crippen LogP contribution in [0.1, 0.15) is 33.6 Å². The Hall–Kier alpha value is 0.350. The molecule has 1 N–H and O–H groups in total. The van der Waals surface area contributed by atoms with E-state index in [9.17, 15) is 0 Å². The smallest absolute Gasteiger partial charge is 0.194 e. The van der Waals surface area contributed by atoms with Crippen LogP contribution in [-0.4, -0.2) is 47.5 Å². The van der Waals surface area contributed by atoms with Gasteiger partial charge < -0.3 is 10.2 Å². The molecule has 0 bridgehead atoms. The summed E-state index contributed by atoms with van der Waals surface area (Å²) in [6.45, 7) is 9.95.